The Morgan fingerprint density at radius 1 is 0.622 bits per heavy atom. The fourth-order valence-corrected chi connectivity index (χ4v) is 2.69. The Hall–Kier alpha value is -4.03. The van der Waals surface area contributed by atoms with Crippen LogP contribution in [-0.4, -0.2) is 86.3 Å². The predicted octanol–water partition coefficient (Wildman–Crippen LogP) is 0.916. The SMILES string of the molecule is C=CC(=O)OCC(COCC(CO)(COC(=O)C=C)CC(=C)C(=O)O)(COC(=O)C=C)COC(=O)C=C. The zero-order chi connectivity index (χ0) is 28.5. The molecule has 0 aromatic rings. The minimum atomic E-state index is -1.46. The van der Waals surface area contributed by atoms with Gasteiger partial charge in [-0.05, 0) is 6.42 Å². The summed E-state index contributed by atoms with van der Waals surface area (Å²) < 4.78 is 26.0. The van der Waals surface area contributed by atoms with E-state index < -0.39 is 86.9 Å². The molecule has 37 heavy (non-hydrogen) atoms. The molecule has 1 atom stereocenters. The molecule has 204 valence electrons. The van der Waals surface area contributed by atoms with E-state index in [0.29, 0.717) is 0 Å². The Bertz CT molecular complexity index is 844. The standard InChI is InChI=1S/C25H32O12/c1-6-19(27)34-14-24(11-26,10-18(5)23(31)32)12-33-13-25(15-35-20(28)7-2,16-36-21(29)8-3)17-37-22(30)9-4/h6-9,26H,1-5,10-17H2,(H,31,32). The zero-order valence-electron chi connectivity index (χ0n) is 20.5. The molecule has 0 aliphatic carbocycles. The van der Waals surface area contributed by atoms with Crippen LogP contribution in [0, 0.1) is 10.8 Å². The summed E-state index contributed by atoms with van der Waals surface area (Å²) in [5, 5.41) is 19.3. The van der Waals surface area contributed by atoms with Crippen LogP contribution in [0.5, 0.6) is 0 Å². The fourth-order valence-electron chi connectivity index (χ4n) is 2.69. The lowest BCUT2D eigenvalue weighted by molar-refractivity contribution is -0.164. The lowest BCUT2D eigenvalue weighted by atomic mass is 9.83. The smallest absolute Gasteiger partial charge is 0.330 e. The van der Waals surface area contributed by atoms with Crippen molar-refractivity contribution < 1.29 is 57.9 Å². The van der Waals surface area contributed by atoms with Gasteiger partial charge in [0.2, 0.25) is 0 Å². The van der Waals surface area contributed by atoms with E-state index in [9.17, 15) is 34.2 Å². The van der Waals surface area contributed by atoms with Crippen molar-refractivity contribution in [2.24, 2.45) is 10.8 Å². The first-order chi connectivity index (χ1) is 17.4. The van der Waals surface area contributed by atoms with Gasteiger partial charge >= 0.3 is 29.8 Å². The Labute approximate surface area is 214 Å². The van der Waals surface area contributed by atoms with E-state index in [0.717, 1.165) is 24.3 Å². The Kier molecular flexibility index (Phi) is 14.8. The Balaban J connectivity index is 6.01. The van der Waals surface area contributed by atoms with Crippen LogP contribution >= 0.6 is 0 Å². The van der Waals surface area contributed by atoms with Gasteiger partial charge in [-0.15, -0.1) is 0 Å². The third kappa shape index (κ3) is 12.5. The van der Waals surface area contributed by atoms with Gasteiger partial charge in [-0.2, -0.15) is 0 Å². The molecule has 0 saturated heterocycles. The first-order valence-electron chi connectivity index (χ1n) is 10.7. The Morgan fingerprint density at radius 2 is 0.946 bits per heavy atom. The lowest BCUT2D eigenvalue weighted by Gasteiger charge is -2.35. The number of hydrogen-bond donors (Lipinski definition) is 2. The summed E-state index contributed by atoms with van der Waals surface area (Å²) in [5.41, 5.74) is -3.20. The van der Waals surface area contributed by atoms with Crippen LogP contribution in [0.2, 0.25) is 0 Å². The van der Waals surface area contributed by atoms with Crippen LogP contribution in [0.25, 0.3) is 0 Å². The van der Waals surface area contributed by atoms with Crippen molar-refractivity contribution in [3.8, 4) is 0 Å². The largest absolute Gasteiger partial charge is 0.478 e. The van der Waals surface area contributed by atoms with Crippen molar-refractivity contribution in [3.63, 3.8) is 0 Å². The molecule has 12 nitrogen and oxygen atoms in total. The second-order valence-electron chi connectivity index (χ2n) is 7.98. The van der Waals surface area contributed by atoms with Crippen LogP contribution in [0.3, 0.4) is 0 Å². The molecule has 0 bridgehead atoms. The molecule has 0 radical (unpaired) electrons. The number of esters is 4. The van der Waals surface area contributed by atoms with Gasteiger partial charge in [0.05, 0.1) is 30.7 Å². The van der Waals surface area contributed by atoms with Crippen molar-refractivity contribution in [2.45, 2.75) is 6.42 Å². The van der Waals surface area contributed by atoms with Crippen LogP contribution < -0.4 is 0 Å². The number of carboxylic acids is 1. The first-order valence-corrected chi connectivity index (χ1v) is 10.7. The molecule has 0 aliphatic rings. The van der Waals surface area contributed by atoms with Gasteiger partial charge in [-0.1, -0.05) is 32.9 Å². The van der Waals surface area contributed by atoms with Crippen LogP contribution in [0.15, 0.2) is 62.8 Å². The third-order valence-electron chi connectivity index (χ3n) is 4.79. The van der Waals surface area contributed by atoms with Crippen molar-refractivity contribution >= 4 is 29.8 Å². The summed E-state index contributed by atoms with van der Waals surface area (Å²) in [4.78, 5) is 58.0. The first kappa shape index (κ1) is 33.0. The van der Waals surface area contributed by atoms with Gasteiger partial charge in [0.1, 0.15) is 26.4 Å². The van der Waals surface area contributed by atoms with E-state index in [4.69, 9.17) is 23.7 Å². The summed E-state index contributed by atoms with van der Waals surface area (Å²) >= 11 is 0. The van der Waals surface area contributed by atoms with Gasteiger partial charge in [0.15, 0.2) is 0 Å². The maximum atomic E-state index is 11.7. The number of carboxylic acid groups (broad SMARTS) is 1. The number of aliphatic hydroxyl groups is 1. The van der Waals surface area contributed by atoms with E-state index in [1.165, 1.54) is 0 Å². The monoisotopic (exact) mass is 524 g/mol. The minimum Gasteiger partial charge on any atom is -0.478 e. The maximum absolute atomic E-state index is 11.7. The van der Waals surface area contributed by atoms with E-state index in [2.05, 4.69) is 32.9 Å². The quantitative estimate of drug-likeness (QED) is 0.131. The average Bonchev–Trinajstić information content (AvgIpc) is 2.90. The molecule has 12 heteroatoms. The number of carbonyl (C=O) groups is 5. The molecule has 0 saturated carbocycles. The molecular formula is C25H32O12. The number of carbonyl (C=O) groups excluding carboxylic acids is 4. The number of hydrogen-bond acceptors (Lipinski definition) is 11. The fraction of sp³-hybridized carbons (Fsp3) is 0.400. The van der Waals surface area contributed by atoms with Gasteiger partial charge in [0.25, 0.3) is 0 Å². The molecule has 0 fully saturated rings. The predicted molar refractivity (Wildman–Crippen MR) is 129 cm³/mol. The highest BCUT2D eigenvalue weighted by atomic mass is 16.6. The molecule has 1 unspecified atom stereocenters. The molecule has 0 aromatic carbocycles. The van der Waals surface area contributed by atoms with E-state index >= 15 is 0 Å². The highest BCUT2D eigenvalue weighted by molar-refractivity contribution is 5.86. The molecule has 0 amide bonds. The number of ether oxygens (including phenoxy) is 5. The summed E-state index contributed by atoms with van der Waals surface area (Å²) in [6.07, 6.45) is 3.21. The number of aliphatic hydroxyl groups excluding tert-OH is 1. The highest BCUT2D eigenvalue weighted by Crippen LogP contribution is 2.29. The van der Waals surface area contributed by atoms with Crippen LogP contribution in [-0.2, 0) is 47.7 Å². The normalized spacial score (nSPS) is 12.1. The van der Waals surface area contributed by atoms with E-state index in [1.54, 1.807) is 0 Å². The highest BCUT2D eigenvalue weighted by Gasteiger charge is 2.39. The van der Waals surface area contributed by atoms with Crippen LogP contribution in [0.4, 0.5) is 0 Å². The number of aliphatic carboxylic acids is 1. The van der Waals surface area contributed by atoms with Crippen molar-refractivity contribution in [3.05, 3.63) is 62.8 Å². The van der Waals surface area contributed by atoms with Gasteiger partial charge in [-0.25, -0.2) is 24.0 Å². The molecule has 0 rings (SSSR count). The second kappa shape index (κ2) is 16.6. The van der Waals surface area contributed by atoms with Crippen molar-refractivity contribution in [1.29, 1.82) is 0 Å². The summed E-state index contributed by atoms with van der Waals surface area (Å²) in [5.74, 6) is -4.64. The molecule has 0 aliphatic heterocycles. The molecule has 2 N–H and O–H groups in total. The molecule has 0 heterocycles. The van der Waals surface area contributed by atoms with Gasteiger partial charge in [-0.3, -0.25) is 0 Å². The lowest BCUT2D eigenvalue weighted by Crippen LogP contribution is -2.45. The molecule has 0 spiro atoms. The van der Waals surface area contributed by atoms with Gasteiger partial charge < -0.3 is 33.9 Å². The molecule has 0 aromatic heterocycles. The third-order valence-corrected chi connectivity index (χ3v) is 4.79. The average molecular weight is 525 g/mol. The van der Waals surface area contributed by atoms with E-state index in [1.807, 2.05) is 0 Å². The number of rotatable bonds is 20. The van der Waals surface area contributed by atoms with Crippen molar-refractivity contribution in [1.82, 2.24) is 0 Å². The van der Waals surface area contributed by atoms with Crippen LogP contribution in [0.1, 0.15) is 6.42 Å². The summed E-state index contributed by atoms with van der Waals surface area (Å²) in [6, 6.07) is 0. The summed E-state index contributed by atoms with van der Waals surface area (Å²) in [6.45, 7) is 13.2. The summed E-state index contributed by atoms with van der Waals surface area (Å²) in [7, 11) is 0. The van der Waals surface area contributed by atoms with E-state index in [-0.39, 0.29) is 12.0 Å². The molecular weight excluding hydrogens is 492 g/mol. The zero-order valence-corrected chi connectivity index (χ0v) is 20.5. The minimum absolute atomic E-state index is 0.293. The Morgan fingerprint density at radius 3 is 1.24 bits per heavy atom. The van der Waals surface area contributed by atoms with Crippen molar-refractivity contribution in [2.75, 3.05) is 46.2 Å². The maximum Gasteiger partial charge on any atom is 0.330 e. The topological polar surface area (TPSA) is 172 Å². The van der Waals surface area contributed by atoms with Gasteiger partial charge in [0, 0.05) is 29.9 Å². The second-order valence-corrected chi connectivity index (χ2v) is 7.98.